The van der Waals surface area contributed by atoms with Gasteiger partial charge in [-0.1, -0.05) is 80.0 Å². The molecule has 0 spiro atoms. The van der Waals surface area contributed by atoms with Gasteiger partial charge in [-0.25, -0.2) is 8.42 Å². The standard InChI is InChI=1S/C27H32ClN3O4S/c1-4-17-29-27(33)24(5-2)30(18-21-12-7-9-15-23(21)28)26(32)19-31(36(3,34)35)25-16-10-13-20-11-6-8-14-22(20)25/h6-16,24H,4-5,17-19H2,1-3H3,(H,29,33)/t24-/m1/s1. The summed E-state index contributed by atoms with van der Waals surface area (Å²) in [4.78, 5) is 28.2. The number of hydrogen-bond donors (Lipinski definition) is 1. The van der Waals surface area contributed by atoms with Crippen molar-refractivity contribution in [1.82, 2.24) is 10.2 Å². The molecule has 1 N–H and O–H groups in total. The van der Waals surface area contributed by atoms with Crippen LogP contribution in [-0.4, -0.2) is 50.5 Å². The van der Waals surface area contributed by atoms with Crippen molar-refractivity contribution in [3.8, 4) is 0 Å². The predicted octanol–water partition coefficient (Wildman–Crippen LogP) is 4.59. The van der Waals surface area contributed by atoms with E-state index in [1.165, 1.54) is 4.90 Å². The fraction of sp³-hybridized carbons (Fsp3) is 0.333. The lowest BCUT2D eigenvalue weighted by molar-refractivity contribution is -0.140. The molecule has 3 rings (SSSR count). The molecule has 0 radical (unpaired) electrons. The van der Waals surface area contributed by atoms with E-state index in [1.807, 2.05) is 44.2 Å². The van der Waals surface area contributed by atoms with Gasteiger partial charge in [0, 0.05) is 23.5 Å². The minimum atomic E-state index is -3.83. The average Bonchev–Trinajstić information content (AvgIpc) is 2.86. The third-order valence-corrected chi connectivity index (χ3v) is 7.44. The molecule has 0 heterocycles. The van der Waals surface area contributed by atoms with E-state index in [0.717, 1.165) is 22.4 Å². The zero-order chi connectivity index (χ0) is 26.3. The van der Waals surface area contributed by atoms with Gasteiger partial charge < -0.3 is 10.2 Å². The molecule has 0 unspecified atom stereocenters. The first-order valence-electron chi connectivity index (χ1n) is 11.9. The summed E-state index contributed by atoms with van der Waals surface area (Å²) < 4.78 is 26.9. The molecule has 0 bridgehead atoms. The van der Waals surface area contributed by atoms with Crippen molar-refractivity contribution in [2.75, 3.05) is 23.7 Å². The maximum absolute atomic E-state index is 13.8. The fourth-order valence-corrected chi connectivity index (χ4v) is 5.17. The highest BCUT2D eigenvalue weighted by molar-refractivity contribution is 7.92. The van der Waals surface area contributed by atoms with Gasteiger partial charge in [-0.05, 0) is 35.9 Å². The van der Waals surface area contributed by atoms with Crippen LogP contribution in [0.15, 0.2) is 66.7 Å². The highest BCUT2D eigenvalue weighted by Gasteiger charge is 2.32. The van der Waals surface area contributed by atoms with Crippen LogP contribution in [0.4, 0.5) is 5.69 Å². The summed E-state index contributed by atoms with van der Waals surface area (Å²) in [6.45, 7) is 3.87. The molecule has 192 valence electrons. The summed E-state index contributed by atoms with van der Waals surface area (Å²) in [6, 6.07) is 19.0. The van der Waals surface area contributed by atoms with Crippen molar-refractivity contribution in [2.24, 2.45) is 0 Å². The summed E-state index contributed by atoms with van der Waals surface area (Å²) in [5, 5.41) is 4.89. The van der Waals surface area contributed by atoms with Crippen LogP contribution in [0.2, 0.25) is 5.02 Å². The van der Waals surface area contributed by atoms with E-state index >= 15 is 0 Å². The number of fused-ring (bicyclic) bond motifs is 1. The van der Waals surface area contributed by atoms with Crippen molar-refractivity contribution in [2.45, 2.75) is 39.3 Å². The van der Waals surface area contributed by atoms with Crippen molar-refractivity contribution in [1.29, 1.82) is 0 Å². The van der Waals surface area contributed by atoms with Crippen LogP contribution in [0.5, 0.6) is 0 Å². The van der Waals surface area contributed by atoms with Crippen molar-refractivity contribution >= 4 is 49.9 Å². The van der Waals surface area contributed by atoms with Crippen LogP contribution in [0, 0.1) is 0 Å². The Labute approximate surface area is 218 Å². The van der Waals surface area contributed by atoms with Crippen molar-refractivity contribution in [3.63, 3.8) is 0 Å². The molecule has 7 nitrogen and oxygen atoms in total. The van der Waals surface area contributed by atoms with E-state index in [0.29, 0.717) is 34.6 Å². The number of benzene rings is 3. The lowest BCUT2D eigenvalue weighted by Crippen LogP contribution is -2.52. The molecular weight excluding hydrogens is 498 g/mol. The SMILES string of the molecule is CCCNC(=O)[C@@H](CC)N(Cc1ccccc1Cl)C(=O)CN(c1cccc2ccccc12)S(C)(=O)=O. The Kier molecular flexibility index (Phi) is 9.34. The number of amides is 2. The minimum Gasteiger partial charge on any atom is -0.354 e. The number of carbonyl (C=O) groups excluding carboxylic acids is 2. The number of nitrogens with zero attached hydrogens (tertiary/aromatic N) is 2. The first-order chi connectivity index (χ1) is 17.2. The van der Waals surface area contributed by atoms with Gasteiger partial charge >= 0.3 is 0 Å². The normalized spacial score (nSPS) is 12.2. The van der Waals surface area contributed by atoms with Gasteiger partial charge in [-0.15, -0.1) is 0 Å². The second kappa shape index (κ2) is 12.2. The second-order valence-electron chi connectivity index (χ2n) is 8.60. The maximum Gasteiger partial charge on any atom is 0.244 e. The lowest BCUT2D eigenvalue weighted by atomic mass is 10.1. The zero-order valence-corrected chi connectivity index (χ0v) is 22.3. The summed E-state index contributed by atoms with van der Waals surface area (Å²) in [5.41, 5.74) is 1.08. The van der Waals surface area contributed by atoms with Crippen LogP contribution in [0.25, 0.3) is 10.8 Å². The quantitative estimate of drug-likeness (QED) is 0.393. The molecule has 0 saturated heterocycles. The molecule has 9 heteroatoms. The molecule has 1 atom stereocenters. The molecule has 0 aliphatic heterocycles. The fourth-order valence-electron chi connectivity index (χ4n) is 4.12. The van der Waals surface area contributed by atoms with Crippen molar-refractivity contribution < 1.29 is 18.0 Å². The number of carbonyl (C=O) groups is 2. The van der Waals surface area contributed by atoms with E-state index in [2.05, 4.69) is 5.32 Å². The molecule has 2 amide bonds. The third kappa shape index (κ3) is 6.56. The van der Waals surface area contributed by atoms with Crippen LogP contribution < -0.4 is 9.62 Å². The smallest absolute Gasteiger partial charge is 0.244 e. The molecule has 0 aliphatic carbocycles. The van der Waals surface area contributed by atoms with Gasteiger partial charge in [0.15, 0.2) is 0 Å². The van der Waals surface area contributed by atoms with Crippen LogP contribution in [0.3, 0.4) is 0 Å². The van der Waals surface area contributed by atoms with E-state index < -0.39 is 28.5 Å². The zero-order valence-electron chi connectivity index (χ0n) is 20.8. The number of nitrogens with one attached hydrogen (secondary N) is 1. The Hall–Kier alpha value is -3.10. The van der Waals surface area contributed by atoms with Gasteiger partial charge in [0.25, 0.3) is 0 Å². The number of halogens is 1. The summed E-state index contributed by atoms with van der Waals surface area (Å²) in [7, 11) is -3.83. The van der Waals surface area contributed by atoms with E-state index in [4.69, 9.17) is 11.6 Å². The first-order valence-corrected chi connectivity index (χ1v) is 14.2. The highest BCUT2D eigenvalue weighted by Crippen LogP contribution is 2.29. The van der Waals surface area contributed by atoms with Gasteiger partial charge in [0.05, 0.1) is 11.9 Å². The van der Waals surface area contributed by atoms with Gasteiger partial charge in [-0.2, -0.15) is 0 Å². The lowest BCUT2D eigenvalue weighted by Gasteiger charge is -2.33. The Morgan fingerprint density at radius 1 is 0.972 bits per heavy atom. The molecule has 36 heavy (non-hydrogen) atoms. The molecule has 3 aromatic carbocycles. The van der Waals surface area contributed by atoms with E-state index in [1.54, 1.807) is 36.4 Å². The van der Waals surface area contributed by atoms with Gasteiger partial charge in [0.1, 0.15) is 12.6 Å². The summed E-state index contributed by atoms with van der Waals surface area (Å²) in [5.74, 6) is -0.775. The van der Waals surface area contributed by atoms with Crippen LogP contribution >= 0.6 is 11.6 Å². The molecule has 0 saturated carbocycles. The molecule has 3 aromatic rings. The topological polar surface area (TPSA) is 86.8 Å². The molecular formula is C27H32ClN3O4S. The number of rotatable bonds is 11. The maximum atomic E-state index is 13.8. The Morgan fingerprint density at radius 3 is 2.31 bits per heavy atom. The number of hydrogen-bond acceptors (Lipinski definition) is 4. The van der Waals surface area contributed by atoms with Gasteiger partial charge in [-0.3, -0.25) is 13.9 Å². The summed E-state index contributed by atoms with van der Waals surface area (Å²) in [6.07, 6.45) is 2.19. The van der Waals surface area contributed by atoms with Crippen molar-refractivity contribution in [3.05, 3.63) is 77.3 Å². The van der Waals surface area contributed by atoms with Gasteiger partial charge in [0.2, 0.25) is 21.8 Å². The third-order valence-electron chi connectivity index (χ3n) is 5.95. The Bertz CT molecular complexity index is 1320. The van der Waals surface area contributed by atoms with E-state index in [-0.39, 0.29) is 12.5 Å². The Balaban J connectivity index is 2.03. The monoisotopic (exact) mass is 529 g/mol. The first kappa shape index (κ1) is 27.5. The average molecular weight is 530 g/mol. The molecule has 0 fully saturated rings. The predicted molar refractivity (Wildman–Crippen MR) is 146 cm³/mol. The molecule has 0 aliphatic rings. The number of anilines is 1. The Morgan fingerprint density at radius 2 is 1.64 bits per heavy atom. The largest absolute Gasteiger partial charge is 0.354 e. The summed E-state index contributed by atoms with van der Waals surface area (Å²) >= 11 is 6.38. The van der Waals surface area contributed by atoms with E-state index in [9.17, 15) is 18.0 Å². The minimum absolute atomic E-state index is 0.0731. The van der Waals surface area contributed by atoms with Crippen LogP contribution in [-0.2, 0) is 26.2 Å². The molecule has 0 aromatic heterocycles. The highest BCUT2D eigenvalue weighted by atomic mass is 35.5. The second-order valence-corrected chi connectivity index (χ2v) is 10.9. The van der Waals surface area contributed by atoms with Crippen LogP contribution in [0.1, 0.15) is 32.3 Å². The number of sulfonamides is 1.